The van der Waals surface area contributed by atoms with E-state index in [4.69, 9.17) is 0 Å². The van der Waals surface area contributed by atoms with Crippen molar-refractivity contribution in [3.63, 3.8) is 0 Å². The molecule has 4 aromatic rings. The zero-order valence-corrected chi connectivity index (χ0v) is 16.2. The lowest BCUT2D eigenvalue weighted by Crippen LogP contribution is -2.42. The number of aromatic nitrogens is 1. The van der Waals surface area contributed by atoms with Gasteiger partial charge in [0.25, 0.3) is 11.6 Å². The number of amides is 1. The van der Waals surface area contributed by atoms with Crippen LogP contribution in [0.1, 0.15) is 15.9 Å². The molecule has 31 heavy (non-hydrogen) atoms. The molecule has 4 rings (SSSR count). The number of para-hydroxylation sites is 2. The number of carbonyl (C=O) groups is 2. The molecule has 3 aromatic carbocycles. The summed E-state index contributed by atoms with van der Waals surface area (Å²) in [6.45, 7) is 0. The minimum atomic E-state index is -1.21. The van der Waals surface area contributed by atoms with Crippen LogP contribution in [0.5, 0.6) is 0 Å². The van der Waals surface area contributed by atoms with Gasteiger partial charge in [0.2, 0.25) is 0 Å². The molecule has 0 saturated carbocycles. The predicted octanol–water partition coefficient (Wildman–Crippen LogP) is 3.72. The Kier molecular flexibility index (Phi) is 5.28. The van der Waals surface area contributed by atoms with Gasteiger partial charge in [-0.15, -0.1) is 0 Å². The molecular weight excluding hydrogens is 398 g/mol. The summed E-state index contributed by atoms with van der Waals surface area (Å²) < 4.78 is 0. The van der Waals surface area contributed by atoms with Crippen molar-refractivity contribution < 1.29 is 19.6 Å². The van der Waals surface area contributed by atoms with Crippen molar-refractivity contribution in [2.24, 2.45) is 0 Å². The molecule has 1 heterocycles. The van der Waals surface area contributed by atoms with Crippen molar-refractivity contribution in [1.29, 1.82) is 0 Å². The van der Waals surface area contributed by atoms with E-state index in [1.807, 2.05) is 12.1 Å². The number of nitro groups is 1. The third kappa shape index (κ3) is 4.04. The lowest BCUT2D eigenvalue weighted by Gasteiger charge is -2.17. The lowest BCUT2D eigenvalue weighted by molar-refractivity contribution is -0.384. The summed E-state index contributed by atoms with van der Waals surface area (Å²) in [4.78, 5) is 39.9. The molecule has 0 bridgehead atoms. The Morgan fingerprint density at radius 3 is 2.00 bits per heavy atom. The van der Waals surface area contributed by atoms with E-state index in [9.17, 15) is 24.8 Å². The summed E-state index contributed by atoms with van der Waals surface area (Å²) in [6, 6.07) is 18.7. The van der Waals surface area contributed by atoms with Gasteiger partial charge in [0, 0.05) is 29.3 Å². The second-order valence-corrected chi connectivity index (χ2v) is 7.01. The van der Waals surface area contributed by atoms with E-state index < -0.39 is 22.8 Å². The predicted molar refractivity (Wildman–Crippen MR) is 115 cm³/mol. The first-order chi connectivity index (χ1) is 14.9. The Hall–Kier alpha value is -4.33. The van der Waals surface area contributed by atoms with Gasteiger partial charge in [-0.05, 0) is 17.7 Å². The van der Waals surface area contributed by atoms with Gasteiger partial charge in [-0.25, -0.2) is 9.78 Å². The first kappa shape index (κ1) is 20.0. The number of hydrogen-bond acceptors (Lipinski definition) is 5. The van der Waals surface area contributed by atoms with Crippen molar-refractivity contribution in [2.75, 3.05) is 0 Å². The SMILES string of the molecule is O=C(N[C@H](Cc1ccc([N+](=O)[O-])cc1)C(=O)O)c1c2ccccc2nc2ccccc12. The number of carboxylic acids is 1. The van der Waals surface area contributed by atoms with E-state index in [0.717, 1.165) is 0 Å². The summed E-state index contributed by atoms with van der Waals surface area (Å²) in [6.07, 6.45) is -0.0139. The van der Waals surface area contributed by atoms with Crippen molar-refractivity contribution in [3.05, 3.63) is 94.0 Å². The minimum absolute atomic E-state index is 0.0139. The Labute approximate surface area is 176 Å². The maximum Gasteiger partial charge on any atom is 0.326 e. The van der Waals surface area contributed by atoms with Gasteiger partial charge in [0.05, 0.1) is 21.5 Å². The molecule has 0 aliphatic rings. The summed E-state index contributed by atoms with van der Waals surface area (Å²) in [7, 11) is 0. The highest BCUT2D eigenvalue weighted by Gasteiger charge is 2.24. The average Bonchev–Trinajstić information content (AvgIpc) is 2.77. The smallest absolute Gasteiger partial charge is 0.326 e. The largest absolute Gasteiger partial charge is 0.480 e. The summed E-state index contributed by atoms with van der Waals surface area (Å²) in [5.41, 5.74) is 2.09. The number of rotatable bonds is 6. The van der Waals surface area contributed by atoms with Crippen molar-refractivity contribution >= 4 is 39.4 Å². The average molecular weight is 415 g/mol. The molecule has 0 fully saturated rings. The van der Waals surface area contributed by atoms with Crippen LogP contribution in [0, 0.1) is 10.1 Å². The topological polar surface area (TPSA) is 122 Å². The molecule has 0 radical (unpaired) electrons. The van der Waals surface area contributed by atoms with E-state index in [2.05, 4.69) is 10.3 Å². The number of nitrogens with zero attached hydrogens (tertiary/aromatic N) is 2. The maximum absolute atomic E-state index is 13.2. The number of hydrogen-bond donors (Lipinski definition) is 2. The Morgan fingerprint density at radius 1 is 0.935 bits per heavy atom. The summed E-state index contributed by atoms with van der Waals surface area (Å²) in [5, 5.41) is 24.3. The Balaban J connectivity index is 1.68. The van der Waals surface area contributed by atoms with Crippen LogP contribution in [0.4, 0.5) is 5.69 Å². The zero-order valence-electron chi connectivity index (χ0n) is 16.2. The number of carbonyl (C=O) groups excluding carboxylic acids is 1. The van der Waals surface area contributed by atoms with Gasteiger partial charge >= 0.3 is 5.97 Å². The Bertz CT molecular complexity index is 1260. The first-order valence-electron chi connectivity index (χ1n) is 9.48. The number of pyridine rings is 1. The summed E-state index contributed by atoms with van der Waals surface area (Å²) >= 11 is 0. The number of carboxylic acid groups (broad SMARTS) is 1. The van der Waals surface area contributed by atoms with Crippen molar-refractivity contribution in [3.8, 4) is 0 Å². The minimum Gasteiger partial charge on any atom is -0.480 e. The molecule has 2 N–H and O–H groups in total. The van der Waals surface area contributed by atoms with Gasteiger partial charge in [-0.3, -0.25) is 14.9 Å². The van der Waals surface area contributed by atoms with Gasteiger partial charge in [-0.1, -0.05) is 48.5 Å². The molecule has 0 aliphatic heterocycles. The fourth-order valence-corrected chi connectivity index (χ4v) is 3.50. The standard InChI is InChI=1S/C23H17N3O5/c27-22(25-20(23(28)29)13-14-9-11-15(12-10-14)26(30)31)21-16-5-1-3-7-18(16)24-19-8-4-2-6-17(19)21/h1-12,20H,13H2,(H,25,27)(H,28,29)/t20-/m1/s1. The Morgan fingerprint density at radius 2 is 1.48 bits per heavy atom. The number of nitro benzene ring substituents is 1. The number of fused-ring (bicyclic) bond motifs is 2. The molecule has 0 unspecified atom stereocenters. The van der Waals surface area contributed by atoms with Crippen LogP contribution in [-0.2, 0) is 11.2 Å². The molecule has 154 valence electrons. The van der Waals surface area contributed by atoms with Gasteiger partial charge < -0.3 is 10.4 Å². The van der Waals surface area contributed by atoms with Crippen LogP contribution in [0.3, 0.4) is 0 Å². The first-order valence-corrected chi connectivity index (χ1v) is 9.48. The number of non-ortho nitro benzene ring substituents is 1. The van der Waals surface area contributed by atoms with Gasteiger partial charge in [-0.2, -0.15) is 0 Å². The van der Waals surface area contributed by atoms with Crippen LogP contribution in [0.15, 0.2) is 72.8 Å². The molecule has 8 heteroatoms. The molecule has 8 nitrogen and oxygen atoms in total. The summed E-state index contributed by atoms with van der Waals surface area (Å²) in [5.74, 6) is -1.72. The highest BCUT2D eigenvalue weighted by molar-refractivity contribution is 6.16. The fraction of sp³-hybridized carbons (Fsp3) is 0.0870. The van der Waals surface area contributed by atoms with Crippen LogP contribution in [0.25, 0.3) is 21.8 Å². The monoisotopic (exact) mass is 415 g/mol. The molecule has 1 amide bonds. The third-order valence-corrected chi connectivity index (χ3v) is 5.01. The molecule has 0 saturated heterocycles. The molecule has 1 atom stereocenters. The van der Waals surface area contributed by atoms with E-state index >= 15 is 0 Å². The molecule has 0 aliphatic carbocycles. The van der Waals surface area contributed by atoms with Crippen molar-refractivity contribution in [2.45, 2.75) is 12.5 Å². The number of nitrogens with one attached hydrogen (secondary N) is 1. The zero-order chi connectivity index (χ0) is 22.0. The number of benzene rings is 3. The van der Waals surface area contributed by atoms with Crippen LogP contribution < -0.4 is 5.32 Å². The van der Waals surface area contributed by atoms with E-state index in [1.165, 1.54) is 24.3 Å². The lowest BCUT2D eigenvalue weighted by atomic mass is 10.0. The normalized spacial score (nSPS) is 11.9. The highest BCUT2D eigenvalue weighted by Crippen LogP contribution is 2.26. The molecular formula is C23H17N3O5. The quantitative estimate of drug-likeness (QED) is 0.281. The van der Waals surface area contributed by atoms with Gasteiger partial charge in [0.15, 0.2) is 0 Å². The van der Waals surface area contributed by atoms with E-state index in [0.29, 0.717) is 32.9 Å². The molecule has 0 spiro atoms. The maximum atomic E-state index is 13.2. The number of aliphatic carboxylic acids is 1. The van der Waals surface area contributed by atoms with Crippen LogP contribution >= 0.6 is 0 Å². The van der Waals surface area contributed by atoms with Gasteiger partial charge in [0.1, 0.15) is 6.04 Å². The van der Waals surface area contributed by atoms with E-state index in [1.54, 1.807) is 36.4 Å². The highest BCUT2D eigenvalue weighted by atomic mass is 16.6. The van der Waals surface area contributed by atoms with Crippen LogP contribution in [-0.4, -0.2) is 32.9 Å². The second kappa shape index (κ2) is 8.19. The van der Waals surface area contributed by atoms with Crippen LogP contribution in [0.2, 0.25) is 0 Å². The molecule has 1 aromatic heterocycles. The fourth-order valence-electron chi connectivity index (χ4n) is 3.50. The van der Waals surface area contributed by atoms with E-state index in [-0.39, 0.29) is 12.1 Å². The second-order valence-electron chi connectivity index (χ2n) is 7.01. The third-order valence-electron chi connectivity index (χ3n) is 5.01. The van der Waals surface area contributed by atoms with Crippen molar-refractivity contribution in [1.82, 2.24) is 10.3 Å².